The average molecular weight is 167 g/mol. The lowest BCUT2D eigenvalue weighted by Gasteiger charge is -2.15. The molecule has 68 valence electrons. The van der Waals surface area contributed by atoms with Gasteiger partial charge in [-0.25, -0.2) is 0 Å². The van der Waals surface area contributed by atoms with Gasteiger partial charge in [0.1, 0.15) is 0 Å². The van der Waals surface area contributed by atoms with E-state index in [9.17, 15) is 0 Å². The maximum atomic E-state index is 5.51. The highest BCUT2D eigenvalue weighted by molar-refractivity contribution is 4.88. The summed E-state index contributed by atoms with van der Waals surface area (Å²) in [6.45, 7) is 3.75. The Kier molecular flexibility index (Phi) is 4.13. The van der Waals surface area contributed by atoms with Crippen LogP contribution in [0.2, 0.25) is 0 Å². The van der Waals surface area contributed by atoms with Crippen molar-refractivity contribution in [2.45, 2.75) is 38.3 Å². The molecule has 1 rings (SSSR count). The normalized spacial score (nSPS) is 25.2. The van der Waals surface area contributed by atoms with E-state index < -0.39 is 0 Å². The lowest BCUT2D eigenvalue weighted by molar-refractivity contribution is 0.0968. The topological polar surface area (TPSA) is 21.3 Å². The lowest BCUT2D eigenvalue weighted by atomic mass is 10.1. The lowest BCUT2D eigenvalue weighted by Crippen LogP contribution is -2.30. The number of hydrogen-bond acceptors (Lipinski definition) is 2. The molecule has 0 radical (unpaired) electrons. The Hall–Kier alpha value is -0.520. The van der Waals surface area contributed by atoms with Crippen molar-refractivity contribution in [3.8, 4) is 12.3 Å². The first-order chi connectivity index (χ1) is 5.83. The fourth-order valence-electron chi connectivity index (χ4n) is 1.54. The summed E-state index contributed by atoms with van der Waals surface area (Å²) in [5.41, 5.74) is 0. The molecule has 2 nitrogen and oxygen atoms in total. The Balaban J connectivity index is 2.08. The highest BCUT2D eigenvalue weighted by atomic mass is 16.5. The van der Waals surface area contributed by atoms with Gasteiger partial charge in [0.2, 0.25) is 0 Å². The number of nitrogens with one attached hydrogen (secondary N) is 1. The van der Waals surface area contributed by atoms with Gasteiger partial charge in [-0.3, -0.25) is 0 Å². The van der Waals surface area contributed by atoms with Crippen molar-refractivity contribution >= 4 is 0 Å². The molecule has 0 aromatic heterocycles. The summed E-state index contributed by atoms with van der Waals surface area (Å²) < 4.78 is 5.51. The summed E-state index contributed by atoms with van der Waals surface area (Å²) >= 11 is 0. The molecule has 1 heterocycles. The second-order valence-corrected chi connectivity index (χ2v) is 3.36. The highest BCUT2D eigenvalue weighted by Crippen LogP contribution is 2.16. The largest absolute Gasteiger partial charge is 0.378 e. The molecule has 1 aliphatic rings. The summed E-state index contributed by atoms with van der Waals surface area (Å²) in [6, 6.07) is 0.476. The predicted molar refractivity (Wildman–Crippen MR) is 49.9 cm³/mol. The molecule has 0 saturated carbocycles. The smallest absolute Gasteiger partial charge is 0.0590 e. The first-order valence-corrected chi connectivity index (χ1v) is 4.61. The van der Waals surface area contributed by atoms with E-state index >= 15 is 0 Å². The zero-order chi connectivity index (χ0) is 8.81. The van der Waals surface area contributed by atoms with Gasteiger partial charge < -0.3 is 10.1 Å². The third-order valence-corrected chi connectivity index (χ3v) is 2.19. The van der Waals surface area contributed by atoms with Gasteiger partial charge in [0.05, 0.1) is 12.6 Å². The van der Waals surface area contributed by atoms with Crippen molar-refractivity contribution in [3.63, 3.8) is 0 Å². The minimum atomic E-state index is 0.463. The van der Waals surface area contributed by atoms with E-state index in [1.165, 1.54) is 12.8 Å². The van der Waals surface area contributed by atoms with E-state index in [1.54, 1.807) is 0 Å². The second kappa shape index (κ2) is 5.18. The second-order valence-electron chi connectivity index (χ2n) is 3.36. The number of hydrogen-bond donors (Lipinski definition) is 1. The molecule has 0 bridgehead atoms. The average Bonchev–Trinajstić information content (AvgIpc) is 2.53. The van der Waals surface area contributed by atoms with E-state index in [-0.39, 0.29) is 0 Å². The Morgan fingerprint density at radius 1 is 1.75 bits per heavy atom. The summed E-state index contributed by atoms with van der Waals surface area (Å²) in [7, 11) is 0. The molecule has 2 atom stereocenters. The van der Waals surface area contributed by atoms with Gasteiger partial charge in [-0.05, 0) is 26.2 Å². The van der Waals surface area contributed by atoms with Crippen LogP contribution in [-0.2, 0) is 4.74 Å². The maximum Gasteiger partial charge on any atom is 0.0590 e. The zero-order valence-corrected chi connectivity index (χ0v) is 7.68. The standard InChI is InChI=1S/C10H17NO/c1-3-6-11-9(2)8-10-5-4-7-12-10/h1,9-11H,4-8H2,2H3. The molecule has 0 aromatic rings. The molecular weight excluding hydrogens is 150 g/mol. The van der Waals surface area contributed by atoms with Crippen molar-refractivity contribution in [3.05, 3.63) is 0 Å². The molecule has 0 spiro atoms. The Bertz CT molecular complexity index is 156. The molecule has 1 N–H and O–H groups in total. The van der Waals surface area contributed by atoms with Crippen LogP contribution < -0.4 is 5.32 Å². The number of rotatable bonds is 4. The monoisotopic (exact) mass is 167 g/mol. The predicted octanol–water partition coefficient (Wildman–Crippen LogP) is 1.17. The van der Waals surface area contributed by atoms with Gasteiger partial charge in [-0.15, -0.1) is 6.42 Å². The van der Waals surface area contributed by atoms with Crippen LogP contribution in [-0.4, -0.2) is 25.3 Å². The van der Waals surface area contributed by atoms with Crippen LogP contribution in [0.1, 0.15) is 26.2 Å². The molecule has 12 heavy (non-hydrogen) atoms. The fraction of sp³-hybridized carbons (Fsp3) is 0.800. The van der Waals surface area contributed by atoms with Crippen molar-refractivity contribution < 1.29 is 4.74 Å². The van der Waals surface area contributed by atoms with E-state index in [1.807, 2.05) is 0 Å². The van der Waals surface area contributed by atoms with Crippen molar-refractivity contribution in [2.24, 2.45) is 0 Å². The van der Waals surface area contributed by atoms with Gasteiger partial charge in [0, 0.05) is 12.6 Å². The first-order valence-electron chi connectivity index (χ1n) is 4.61. The van der Waals surface area contributed by atoms with Crippen LogP contribution in [0.25, 0.3) is 0 Å². The van der Waals surface area contributed by atoms with Crippen LogP contribution >= 0.6 is 0 Å². The minimum absolute atomic E-state index is 0.463. The van der Waals surface area contributed by atoms with Gasteiger partial charge >= 0.3 is 0 Å². The number of ether oxygens (including phenoxy) is 1. The molecular formula is C10H17NO. The molecule has 2 heteroatoms. The van der Waals surface area contributed by atoms with Crippen LogP contribution in [0, 0.1) is 12.3 Å². The fourth-order valence-corrected chi connectivity index (χ4v) is 1.54. The van der Waals surface area contributed by atoms with Crippen LogP contribution in [0.15, 0.2) is 0 Å². The summed E-state index contributed by atoms with van der Waals surface area (Å²) in [4.78, 5) is 0. The van der Waals surface area contributed by atoms with Gasteiger partial charge in [0.25, 0.3) is 0 Å². The molecule has 1 aliphatic heterocycles. The summed E-state index contributed by atoms with van der Waals surface area (Å²) in [5.74, 6) is 2.57. The molecule has 0 aromatic carbocycles. The first kappa shape index (κ1) is 9.57. The van der Waals surface area contributed by atoms with E-state index in [0.717, 1.165) is 13.0 Å². The van der Waals surface area contributed by atoms with E-state index in [4.69, 9.17) is 11.2 Å². The summed E-state index contributed by atoms with van der Waals surface area (Å²) in [5, 5.41) is 3.24. The SMILES string of the molecule is C#CCNC(C)CC1CCCO1. The van der Waals surface area contributed by atoms with E-state index in [2.05, 4.69) is 18.2 Å². The molecule has 2 unspecified atom stereocenters. The highest BCUT2D eigenvalue weighted by Gasteiger charge is 2.17. The molecule has 0 amide bonds. The summed E-state index contributed by atoms with van der Waals surface area (Å²) in [6.07, 6.45) is 9.11. The molecule has 0 aliphatic carbocycles. The van der Waals surface area contributed by atoms with Crippen molar-refractivity contribution in [1.82, 2.24) is 5.32 Å². The quantitative estimate of drug-likeness (QED) is 0.635. The maximum absolute atomic E-state index is 5.51. The van der Waals surface area contributed by atoms with E-state index in [0.29, 0.717) is 18.7 Å². The van der Waals surface area contributed by atoms with Crippen molar-refractivity contribution in [2.75, 3.05) is 13.2 Å². The molecule has 1 saturated heterocycles. The third-order valence-electron chi connectivity index (χ3n) is 2.19. The molecule has 1 fully saturated rings. The minimum Gasteiger partial charge on any atom is -0.378 e. The van der Waals surface area contributed by atoms with Gasteiger partial charge in [-0.2, -0.15) is 0 Å². The van der Waals surface area contributed by atoms with Crippen LogP contribution in [0.4, 0.5) is 0 Å². The Labute approximate surface area is 74.7 Å². The van der Waals surface area contributed by atoms with Crippen molar-refractivity contribution in [1.29, 1.82) is 0 Å². The Morgan fingerprint density at radius 2 is 2.58 bits per heavy atom. The van der Waals surface area contributed by atoms with Crippen LogP contribution in [0.3, 0.4) is 0 Å². The zero-order valence-electron chi connectivity index (χ0n) is 7.68. The number of terminal acetylenes is 1. The van der Waals surface area contributed by atoms with Gasteiger partial charge in [0.15, 0.2) is 0 Å². The Morgan fingerprint density at radius 3 is 3.17 bits per heavy atom. The third kappa shape index (κ3) is 3.25. The van der Waals surface area contributed by atoms with Crippen LogP contribution in [0.5, 0.6) is 0 Å². The van der Waals surface area contributed by atoms with Gasteiger partial charge in [-0.1, -0.05) is 5.92 Å².